The van der Waals surface area contributed by atoms with Crippen LogP contribution >= 0.6 is 0 Å². The van der Waals surface area contributed by atoms with Crippen molar-refractivity contribution in [1.29, 1.82) is 0 Å². The molecule has 0 aliphatic carbocycles. The molecule has 0 aliphatic rings. The topological polar surface area (TPSA) is 91.1 Å². The van der Waals surface area contributed by atoms with Gasteiger partial charge in [0.15, 0.2) is 11.5 Å². The highest BCUT2D eigenvalue weighted by molar-refractivity contribution is 5.93. The van der Waals surface area contributed by atoms with Crippen molar-refractivity contribution in [3.05, 3.63) is 30.2 Å². The van der Waals surface area contributed by atoms with E-state index >= 15 is 0 Å². The molecule has 3 N–H and O–H groups in total. The first-order valence-electron chi connectivity index (χ1n) is 6.63. The van der Waals surface area contributed by atoms with E-state index in [-0.39, 0.29) is 11.8 Å². The molecule has 0 fully saturated rings. The lowest BCUT2D eigenvalue weighted by Crippen LogP contribution is -2.28. The van der Waals surface area contributed by atoms with Crippen LogP contribution in [0.4, 0.5) is 0 Å². The molecule has 0 saturated heterocycles. The summed E-state index contributed by atoms with van der Waals surface area (Å²) in [4.78, 5) is 11.9. The number of aliphatic hydroxyl groups excluding tert-OH is 1. The number of rotatable bonds is 6. The molecule has 108 valence electrons. The Balaban J connectivity index is 1.87. The quantitative estimate of drug-likeness (QED) is 0.751. The van der Waals surface area contributed by atoms with Gasteiger partial charge < -0.3 is 14.8 Å². The van der Waals surface area contributed by atoms with E-state index in [1.165, 1.54) is 0 Å². The second-order valence-electron chi connectivity index (χ2n) is 5.00. The van der Waals surface area contributed by atoms with Crippen molar-refractivity contribution in [3.63, 3.8) is 0 Å². The summed E-state index contributed by atoms with van der Waals surface area (Å²) in [5.41, 5.74) is 0.956. The van der Waals surface area contributed by atoms with Gasteiger partial charge in [-0.25, -0.2) is 0 Å². The molecule has 6 heteroatoms. The highest BCUT2D eigenvalue weighted by Gasteiger charge is 2.14. The summed E-state index contributed by atoms with van der Waals surface area (Å²) in [6.07, 6.45) is 1.68. The molecule has 1 atom stereocenters. The van der Waals surface area contributed by atoms with Gasteiger partial charge in [-0.3, -0.25) is 9.89 Å². The summed E-state index contributed by atoms with van der Waals surface area (Å²) in [5.74, 6) is 0.546. The molecule has 6 nitrogen and oxygen atoms in total. The lowest BCUT2D eigenvalue weighted by atomic mass is 10.0. The zero-order valence-electron chi connectivity index (χ0n) is 11.6. The molecule has 2 heterocycles. The normalized spacial score (nSPS) is 12.6. The molecule has 0 spiro atoms. The van der Waals surface area contributed by atoms with Crippen molar-refractivity contribution < 1.29 is 14.3 Å². The Labute approximate surface area is 117 Å². The minimum Gasteiger partial charge on any atom is -0.463 e. The number of carbonyl (C=O) groups excluding carboxylic acids is 1. The molecule has 2 aromatic rings. The maximum atomic E-state index is 11.9. The third-order valence-electron chi connectivity index (χ3n) is 3.09. The fraction of sp³-hybridized carbons (Fsp3) is 0.429. The molecule has 1 amide bonds. The van der Waals surface area contributed by atoms with Crippen LogP contribution in [0.3, 0.4) is 0 Å². The van der Waals surface area contributed by atoms with Gasteiger partial charge >= 0.3 is 0 Å². The van der Waals surface area contributed by atoms with Crippen LogP contribution < -0.4 is 5.32 Å². The second kappa shape index (κ2) is 6.38. The minimum absolute atomic E-state index is 0.183. The number of hydrogen-bond acceptors (Lipinski definition) is 4. The number of carbonyl (C=O) groups is 1. The predicted molar refractivity (Wildman–Crippen MR) is 74.1 cm³/mol. The van der Waals surface area contributed by atoms with Crippen LogP contribution in [0, 0.1) is 5.92 Å². The summed E-state index contributed by atoms with van der Waals surface area (Å²) in [6, 6.07) is 5.18. The molecule has 0 bridgehead atoms. The van der Waals surface area contributed by atoms with Crippen molar-refractivity contribution in [1.82, 2.24) is 15.5 Å². The van der Waals surface area contributed by atoms with Crippen LogP contribution in [-0.4, -0.2) is 33.9 Å². The molecule has 0 aliphatic heterocycles. The van der Waals surface area contributed by atoms with Gasteiger partial charge in [-0.05, 0) is 24.5 Å². The van der Waals surface area contributed by atoms with Crippen molar-refractivity contribution in [2.75, 3.05) is 6.54 Å². The van der Waals surface area contributed by atoms with Crippen LogP contribution in [0.25, 0.3) is 11.5 Å². The number of aromatic nitrogens is 2. The van der Waals surface area contributed by atoms with E-state index in [4.69, 9.17) is 4.42 Å². The average molecular weight is 277 g/mol. The van der Waals surface area contributed by atoms with Gasteiger partial charge in [0, 0.05) is 12.6 Å². The zero-order chi connectivity index (χ0) is 14.5. The molecule has 0 aromatic carbocycles. The van der Waals surface area contributed by atoms with Gasteiger partial charge in [0.1, 0.15) is 5.69 Å². The van der Waals surface area contributed by atoms with Crippen molar-refractivity contribution >= 4 is 5.91 Å². The lowest BCUT2D eigenvalue weighted by molar-refractivity contribution is 0.0915. The van der Waals surface area contributed by atoms with Crippen LogP contribution in [0.1, 0.15) is 30.8 Å². The monoisotopic (exact) mass is 277 g/mol. The Hall–Kier alpha value is -2.08. The smallest absolute Gasteiger partial charge is 0.271 e. The summed E-state index contributed by atoms with van der Waals surface area (Å²) >= 11 is 0. The number of nitrogens with one attached hydrogen (secondary N) is 2. The number of furan rings is 1. The van der Waals surface area contributed by atoms with Crippen LogP contribution in [-0.2, 0) is 0 Å². The third-order valence-corrected chi connectivity index (χ3v) is 3.09. The van der Waals surface area contributed by atoms with E-state index < -0.39 is 6.10 Å². The number of H-pyrrole nitrogens is 1. The van der Waals surface area contributed by atoms with Gasteiger partial charge in [-0.15, -0.1) is 0 Å². The SMILES string of the molecule is CC(C)C(O)CCNC(=O)c1cc(-c2ccco2)[nH]n1. The fourth-order valence-electron chi connectivity index (χ4n) is 1.75. The molecular weight excluding hydrogens is 258 g/mol. The summed E-state index contributed by atoms with van der Waals surface area (Å²) in [5, 5.41) is 19.1. The average Bonchev–Trinajstić information content (AvgIpc) is 3.08. The number of aliphatic hydroxyl groups is 1. The number of aromatic amines is 1. The largest absolute Gasteiger partial charge is 0.463 e. The fourth-order valence-corrected chi connectivity index (χ4v) is 1.75. The van der Waals surface area contributed by atoms with E-state index in [1.807, 2.05) is 13.8 Å². The maximum absolute atomic E-state index is 11.9. The molecule has 0 radical (unpaired) electrons. The standard InChI is InChI=1S/C14H19N3O3/c1-9(2)12(18)5-6-15-14(19)11-8-10(16-17-11)13-4-3-7-20-13/h3-4,7-9,12,18H,5-6H2,1-2H3,(H,15,19)(H,16,17). The van der Waals surface area contributed by atoms with Crippen molar-refractivity contribution in [3.8, 4) is 11.5 Å². The first-order chi connectivity index (χ1) is 9.58. The van der Waals surface area contributed by atoms with E-state index in [2.05, 4.69) is 15.5 Å². The molecule has 2 rings (SSSR count). The number of nitrogens with zero attached hydrogens (tertiary/aromatic N) is 1. The third kappa shape index (κ3) is 3.48. The molecule has 0 saturated carbocycles. The van der Waals surface area contributed by atoms with Gasteiger partial charge in [0.2, 0.25) is 0 Å². The maximum Gasteiger partial charge on any atom is 0.271 e. The number of hydrogen-bond donors (Lipinski definition) is 3. The van der Waals surface area contributed by atoms with Crippen LogP contribution in [0.5, 0.6) is 0 Å². The van der Waals surface area contributed by atoms with Gasteiger partial charge in [-0.2, -0.15) is 5.10 Å². The van der Waals surface area contributed by atoms with E-state index in [0.29, 0.717) is 30.1 Å². The van der Waals surface area contributed by atoms with Crippen LogP contribution in [0.2, 0.25) is 0 Å². The van der Waals surface area contributed by atoms with E-state index in [1.54, 1.807) is 24.5 Å². The minimum atomic E-state index is -0.409. The van der Waals surface area contributed by atoms with E-state index in [0.717, 1.165) is 0 Å². The van der Waals surface area contributed by atoms with Gasteiger partial charge in [0.25, 0.3) is 5.91 Å². The summed E-state index contributed by atoms with van der Waals surface area (Å²) < 4.78 is 5.22. The Morgan fingerprint density at radius 1 is 1.55 bits per heavy atom. The van der Waals surface area contributed by atoms with Crippen molar-refractivity contribution in [2.45, 2.75) is 26.4 Å². The Morgan fingerprint density at radius 3 is 3.00 bits per heavy atom. The molecule has 1 unspecified atom stereocenters. The Morgan fingerprint density at radius 2 is 2.35 bits per heavy atom. The first-order valence-corrected chi connectivity index (χ1v) is 6.63. The highest BCUT2D eigenvalue weighted by Crippen LogP contribution is 2.17. The molecule has 2 aromatic heterocycles. The number of amides is 1. The Kier molecular flexibility index (Phi) is 4.57. The van der Waals surface area contributed by atoms with Gasteiger partial charge in [0.05, 0.1) is 12.4 Å². The van der Waals surface area contributed by atoms with Gasteiger partial charge in [-0.1, -0.05) is 13.8 Å². The van der Waals surface area contributed by atoms with E-state index in [9.17, 15) is 9.90 Å². The Bertz CT molecular complexity index is 546. The summed E-state index contributed by atoms with van der Waals surface area (Å²) in [6.45, 7) is 4.30. The second-order valence-corrected chi connectivity index (χ2v) is 5.00. The highest BCUT2D eigenvalue weighted by atomic mass is 16.3. The predicted octanol–water partition coefficient (Wildman–Crippen LogP) is 1.81. The zero-order valence-corrected chi connectivity index (χ0v) is 11.6. The molecular formula is C14H19N3O3. The van der Waals surface area contributed by atoms with Crippen molar-refractivity contribution in [2.24, 2.45) is 5.92 Å². The first kappa shape index (κ1) is 14.3. The summed E-state index contributed by atoms with van der Waals surface area (Å²) in [7, 11) is 0. The van der Waals surface area contributed by atoms with Crippen LogP contribution in [0.15, 0.2) is 28.9 Å². The lowest BCUT2D eigenvalue weighted by Gasteiger charge is -2.13. The molecule has 20 heavy (non-hydrogen) atoms.